The van der Waals surface area contributed by atoms with E-state index in [-0.39, 0.29) is 60.6 Å². The van der Waals surface area contributed by atoms with Crippen LogP contribution in [-0.4, -0.2) is 11.0 Å². The third-order valence-corrected chi connectivity index (χ3v) is 0. The minimum Gasteiger partial charge on any atom is -0.147 e. The standard InChI is InChI=1S/C2H6.4ClH.H4Si/c1-2;;;;;/h1-2H3;4*1H;1H4. The lowest BCUT2D eigenvalue weighted by atomic mass is 11.0. The van der Waals surface area contributed by atoms with Crippen molar-refractivity contribution in [2.45, 2.75) is 13.8 Å². The number of hydrogen-bond donors (Lipinski definition) is 0. The van der Waals surface area contributed by atoms with Crippen LogP contribution in [0.4, 0.5) is 0 Å². The molecule has 0 nitrogen and oxygen atoms in total. The smallest absolute Gasteiger partial charge is 0.0149 e. The van der Waals surface area contributed by atoms with Crippen LogP contribution in [0.3, 0.4) is 0 Å². The Morgan fingerprint density at radius 1 is 0.571 bits per heavy atom. The first-order valence-electron chi connectivity index (χ1n) is 1.00. The summed E-state index contributed by atoms with van der Waals surface area (Å²) in [5.41, 5.74) is 0. The monoisotopic (exact) mass is 206 g/mol. The lowest BCUT2D eigenvalue weighted by molar-refractivity contribution is 1.50. The summed E-state index contributed by atoms with van der Waals surface area (Å²) in [7, 11) is 0. The largest absolute Gasteiger partial charge is 0.147 e. The summed E-state index contributed by atoms with van der Waals surface area (Å²) in [5, 5.41) is 0. The van der Waals surface area contributed by atoms with E-state index in [1.54, 1.807) is 0 Å². The molecular formula is C2H14Cl4Si. The Hall–Kier alpha value is 1.38. The lowest BCUT2D eigenvalue weighted by Gasteiger charge is -1.07. The molecule has 0 aromatic carbocycles. The molecule has 0 fully saturated rings. The van der Waals surface area contributed by atoms with Gasteiger partial charge in [-0.2, -0.15) is 0 Å². The van der Waals surface area contributed by atoms with Gasteiger partial charge in [0.25, 0.3) is 0 Å². The zero-order chi connectivity index (χ0) is 2.00. The van der Waals surface area contributed by atoms with E-state index in [1.807, 2.05) is 13.8 Å². The maximum Gasteiger partial charge on any atom is -0.0149 e. The molecule has 0 aliphatic carbocycles. The van der Waals surface area contributed by atoms with Crippen LogP contribution >= 0.6 is 49.6 Å². The molecule has 7 heavy (non-hydrogen) atoms. The van der Waals surface area contributed by atoms with Gasteiger partial charge in [0.1, 0.15) is 0 Å². The fraction of sp³-hybridized carbons (Fsp3) is 1.00. The van der Waals surface area contributed by atoms with Crippen LogP contribution in [0.15, 0.2) is 0 Å². The first-order chi connectivity index (χ1) is 1.00. The van der Waals surface area contributed by atoms with Crippen molar-refractivity contribution >= 4 is 60.6 Å². The van der Waals surface area contributed by atoms with Crippen molar-refractivity contribution in [2.75, 3.05) is 0 Å². The predicted octanol–water partition coefficient (Wildman–Crippen LogP) is 1.26. The number of halogens is 4. The first-order valence-corrected chi connectivity index (χ1v) is 1.00. The average Bonchev–Trinajstić information content (AvgIpc) is 1.00. The molecule has 0 spiro atoms. The molecule has 0 heterocycles. The van der Waals surface area contributed by atoms with Gasteiger partial charge in [0.2, 0.25) is 0 Å². The molecule has 0 saturated carbocycles. The summed E-state index contributed by atoms with van der Waals surface area (Å²) in [5.74, 6) is 0. The predicted molar refractivity (Wildman–Crippen MR) is 51.7 cm³/mol. The molecular weight excluding hydrogens is 194 g/mol. The van der Waals surface area contributed by atoms with Gasteiger partial charge < -0.3 is 0 Å². The van der Waals surface area contributed by atoms with E-state index >= 15 is 0 Å². The molecule has 0 aliphatic rings. The molecule has 0 aliphatic heterocycles. The van der Waals surface area contributed by atoms with Crippen LogP contribution in [0.2, 0.25) is 0 Å². The normalized spacial score (nSPS) is 0.857. The van der Waals surface area contributed by atoms with E-state index < -0.39 is 0 Å². The highest BCUT2D eigenvalue weighted by atomic mass is 35.5. The van der Waals surface area contributed by atoms with Gasteiger partial charge >= 0.3 is 0 Å². The Kier molecular flexibility index (Phi) is 1820. The van der Waals surface area contributed by atoms with E-state index in [0.29, 0.717) is 0 Å². The Morgan fingerprint density at radius 3 is 0.571 bits per heavy atom. The van der Waals surface area contributed by atoms with Crippen LogP contribution in [-0.2, 0) is 0 Å². The van der Waals surface area contributed by atoms with Crippen molar-refractivity contribution in [2.24, 2.45) is 0 Å². The highest BCUT2D eigenvalue weighted by molar-refractivity contribution is 5.86. The van der Waals surface area contributed by atoms with Crippen molar-refractivity contribution < 1.29 is 0 Å². The summed E-state index contributed by atoms with van der Waals surface area (Å²) in [6.07, 6.45) is 0. The third kappa shape index (κ3) is 112. The van der Waals surface area contributed by atoms with Gasteiger partial charge in [-0.15, -0.1) is 49.6 Å². The highest BCUT2D eigenvalue weighted by Crippen LogP contribution is 1.14. The average molecular weight is 208 g/mol. The number of rotatable bonds is 0. The van der Waals surface area contributed by atoms with E-state index in [4.69, 9.17) is 0 Å². The molecule has 0 rings (SSSR count). The first kappa shape index (κ1) is 80.7. The van der Waals surface area contributed by atoms with Gasteiger partial charge in [0.15, 0.2) is 0 Å². The maximum atomic E-state index is 2.00. The molecule has 0 radical (unpaired) electrons. The fourth-order valence-corrected chi connectivity index (χ4v) is 0. The molecule has 0 N–H and O–H groups in total. The molecule has 0 atom stereocenters. The molecule has 0 amide bonds. The van der Waals surface area contributed by atoms with Crippen molar-refractivity contribution in [1.82, 2.24) is 0 Å². The summed E-state index contributed by atoms with van der Waals surface area (Å²) in [6, 6.07) is 0. The highest BCUT2D eigenvalue weighted by Gasteiger charge is 0.932. The summed E-state index contributed by atoms with van der Waals surface area (Å²) in [6.45, 7) is 4.00. The van der Waals surface area contributed by atoms with Crippen LogP contribution in [0.5, 0.6) is 0 Å². The molecule has 5 heteroatoms. The van der Waals surface area contributed by atoms with Crippen LogP contribution < -0.4 is 0 Å². The van der Waals surface area contributed by atoms with Crippen molar-refractivity contribution in [3.63, 3.8) is 0 Å². The Labute approximate surface area is 74.5 Å². The van der Waals surface area contributed by atoms with Crippen molar-refractivity contribution in [3.05, 3.63) is 0 Å². The second kappa shape index (κ2) is 158. The van der Waals surface area contributed by atoms with Crippen LogP contribution in [0.25, 0.3) is 0 Å². The number of hydrogen-bond acceptors (Lipinski definition) is 0. The molecule has 0 bridgehead atoms. The molecule has 54 valence electrons. The Morgan fingerprint density at radius 2 is 0.571 bits per heavy atom. The molecule has 0 aromatic rings. The molecule has 0 saturated heterocycles. The van der Waals surface area contributed by atoms with E-state index in [1.165, 1.54) is 0 Å². The molecule has 0 aromatic heterocycles. The summed E-state index contributed by atoms with van der Waals surface area (Å²) >= 11 is 0. The zero-order valence-electron chi connectivity index (χ0n) is 3.63. The quantitative estimate of drug-likeness (QED) is 0.525. The van der Waals surface area contributed by atoms with E-state index in [2.05, 4.69) is 0 Å². The van der Waals surface area contributed by atoms with Gasteiger partial charge in [0.05, 0.1) is 0 Å². The van der Waals surface area contributed by atoms with Gasteiger partial charge in [0, 0.05) is 0 Å². The summed E-state index contributed by atoms with van der Waals surface area (Å²) < 4.78 is 0. The van der Waals surface area contributed by atoms with E-state index in [9.17, 15) is 0 Å². The Balaban J connectivity index is -0.000000000500. The second-order valence-corrected chi connectivity index (χ2v) is 0. The second-order valence-electron chi connectivity index (χ2n) is 0. The summed E-state index contributed by atoms with van der Waals surface area (Å²) in [4.78, 5) is 0. The third-order valence-electron chi connectivity index (χ3n) is 0. The van der Waals surface area contributed by atoms with Gasteiger partial charge in [-0.1, -0.05) is 13.8 Å². The lowest BCUT2D eigenvalue weighted by Crippen LogP contribution is -0.856. The zero-order valence-corrected chi connectivity index (χ0v) is 6.90. The van der Waals surface area contributed by atoms with Crippen molar-refractivity contribution in [3.8, 4) is 0 Å². The fourth-order valence-electron chi connectivity index (χ4n) is 0. The van der Waals surface area contributed by atoms with Crippen LogP contribution in [0, 0.1) is 0 Å². The van der Waals surface area contributed by atoms with Gasteiger partial charge in [-0.05, 0) is 11.0 Å². The van der Waals surface area contributed by atoms with Gasteiger partial charge in [-0.25, -0.2) is 0 Å². The molecule has 0 unspecified atom stereocenters. The maximum absolute atomic E-state index is 2.00. The van der Waals surface area contributed by atoms with E-state index in [0.717, 1.165) is 0 Å². The minimum atomic E-state index is 0. The van der Waals surface area contributed by atoms with Gasteiger partial charge in [-0.3, -0.25) is 0 Å². The Bertz CT molecular complexity index is 9.65. The van der Waals surface area contributed by atoms with Crippen LogP contribution in [0.1, 0.15) is 13.8 Å². The van der Waals surface area contributed by atoms with Crippen molar-refractivity contribution in [1.29, 1.82) is 0 Å². The minimum absolute atomic E-state index is 0. The topological polar surface area (TPSA) is 0 Å². The SMILES string of the molecule is CC.Cl.Cl.Cl.Cl.[SiH4].